The van der Waals surface area contributed by atoms with Gasteiger partial charge in [0.1, 0.15) is 0 Å². The minimum atomic E-state index is 0.699. The summed E-state index contributed by atoms with van der Waals surface area (Å²) < 4.78 is 1.22. The van der Waals surface area contributed by atoms with Gasteiger partial charge in [0.25, 0.3) is 0 Å². The van der Waals surface area contributed by atoms with Gasteiger partial charge in [-0.2, -0.15) is 11.8 Å². The number of benzene rings is 1. The van der Waals surface area contributed by atoms with E-state index < -0.39 is 0 Å². The van der Waals surface area contributed by atoms with Crippen molar-refractivity contribution < 1.29 is 0 Å². The molecule has 0 aromatic heterocycles. The molecule has 0 amide bonds. The van der Waals surface area contributed by atoms with Crippen molar-refractivity contribution >= 4 is 33.4 Å². The first kappa shape index (κ1) is 16.2. The van der Waals surface area contributed by atoms with Crippen LogP contribution in [0.25, 0.3) is 0 Å². The van der Waals surface area contributed by atoms with Gasteiger partial charge in [-0.25, -0.2) is 0 Å². The van der Waals surface area contributed by atoms with Crippen LogP contribution in [-0.2, 0) is 6.54 Å². The van der Waals surface area contributed by atoms with Gasteiger partial charge in [-0.15, -0.1) is 0 Å². The zero-order chi connectivity index (χ0) is 14.5. The number of nitrogens with one attached hydrogen (secondary N) is 1. The summed E-state index contributed by atoms with van der Waals surface area (Å²) in [6.45, 7) is 11.1. The summed E-state index contributed by atoms with van der Waals surface area (Å²) in [5, 5.41) is 4.22. The highest BCUT2D eigenvalue weighted by atomic mass is 79.9. The Morgan fingerprint density at radius 2 is 2.25 bits per heavy atom. The Morgan fingerprint density at radius 3 is 2.90 bits per heavy atom. The standard InChI is InChI=1S/C16H25BrN2S/c1-12(2)9-18-10-14-4-5-16(15(17)8-14)19-6-7-20-13(3)11-19/h4-5,8,12-13,18H,6-7,9-11H2,1-3H3. The van der Waals surface area contributed by atoms with Crippen molar-refractivity contribution in [3.05, 3.63) is 28.2 Å². The maximum absolute atomic E-state index is 3.75. The number of halogens is 1. The van der Waals surface area contributed by atoms with E-state index in [1.54, 1.807) is 0 Å². The molecule has 1 aliphatic rings. The highest BCUT2D eigenvalue weighted by Gasteiger charge is 2.18. The van der Waals surface area contributed by atoms with E-state index in [1.807, 2.05) is 0 Å². The molecule has 1 atom stereocenters. The lowest BCUT2D eigenvalue weighted by molar-refractivity contribution is 0.552. The van der Waals surface area contributed by atoms with Crippen LogP contribution in [0.5, 0.6) is 0 Å². The van der Waals surface area contributed by atoms with E-state index in [9.17, 15) is 0 Å². The molecule has 112 valence electrons. The monoisotopic (exact) mass is 356 g/mol. The van der Waals surface area contributed by atoms with Gasteiger partial charge in [-0.1, -0.05) is 26.8 Å². The maximum atomic E-state index is 3.75. The van der Waals surface area contributed by atoms with Crippen LogP contribution < -0.4 is 10.2 Å². The quantitative estimate of drug-likeness (QED) is 0.853. The Hall–Kier alpha value is -0.190. The lowest BCUT2D eigenvalue weighted by Gasteiger charge is -2.33. The largest absolute Gasteiger partial charge is 0.369 e. The first-order chi connectivity index (χ1) is 9.56. The number of hydrogen-bond donors (Lipinski definition) is 1. The molecule has 4 heteroatoms. The molecule has 1 unspecified atom stereocenters. The zero-order valence-electron chi connectivity index (χ0n) is 12.7. The van der Waals surface area contributed by atoms with Crippen molar-refractivity contribution in [2.75, 3.05) is 30.3 Å². The Bertz CT molecular complexity index is 436. The molecule has 0 bridgehead atoms. The van der Waals surface area contributed by atoms with Gasteiger partial charge < -0.3 is 10.2 Å². The Labute approximate surface area is 135 Å². The van der Waals surface area contributed by atoms with Gasteiger partial charge in [-0.3, -0.25) is 0 Å². The molecule has 0 radical (unpaired) electrons. The fourth-order valence-corrected chi connectivity index (χ4v) is 4.15. The molecular weight excluding hydrogens is 332 g/mol. The highest BCUT2D eigenvalue weighted by Crippen LogP contribution is 2.31. The molecule has 1 saturated heterocycles. The third-order valence-corrected chi connectivity index (χ3v) is 5.25. The smallest absolute Gasteiger partial charge is 0.0511 e. The van der Waals surface area contributed by atoms with Crippen LogP contribution in [-0.4, -0.2) is 30.6 Å². The van der Waals surface area contributed by atoms with E-state index >= 15 is 0 Å². The first-order valence-electron chi connectivity index (χ1n) is 7.42. The second-order valence-electron chi connectivity index (χ2n) is 5.94. The summed E-state index contributed by atoms with van der Waals surface area (Å²) >= 11 is 5.82. The number of hydrogen-bond acceptors (Lipinski definition) is 3. The summed E-state index contributed by atoms with van der Waals surface area (Å²) in [7, 11) is 0. The molecule has 1 aromatic rings. The number of rotatable bonds is 5. The van der Waals surface area contributed by atoms with E-state index in [-0.39, 0.29) is 0 Å². The van der Waals surface area contributed by atoms with E-state index in [1.165, 1.54) is 21.5 Å². The minimum absolute atomic E-state index is 0.699. The van der Waals surface area contributed by atoms with Gasteiger partial charge in [-0.05, 0) is 46.1 Å². The van der Waals surface area contributed by atoms with Crippen molar-refractivity contribution in [3.63, 3.8) is 0 Å². The van der Waals surface area contributed by atoms with Gasteiger partial charge in [0.2, 0.25) is 0 Å². The minimum Gasteiger partial charge on any atom is -0.369 e. The van der Waals surface area contributed by atoms with Crippen molar-refractivity contribution in [2.45, 2.75) is 32.6 Å². The topological polar surface area (TPSA) is 15.3 Å². The molecule has 20 heavy (non-hydrogen) atoms. The Morgan fingerprint density at radius 1 is 1.45 bits per heavy atom. The normalized spacial score (nSPS) is 19.6. The average Bonchev–Trinajstić information content (AvgIpc) is 2.38. The van der Waals surface area contributed by atoms with Crippen LogP contribution in [0.4, 0.5) is 5.69 Å². The second-order valence-corrected chi connectivity index (χ2v) is 8.34. The molecule has 2 rings (SSSR count). The molecule has 1 fully saturated rings. The predicted octanol–water partition coefficient (Wildman–Crippen LogP) is 4.14. The van der Waals surface area contributed by atoms with E-state index in [0.29, 0.717) is 5.92 Å². The fraction of sp³-hybridized carbons (Fsp3) is 0.625. The van der Waals surface area contributed by atoms with Crippen molar-refractivity contribution in [1.82, 2.24) is 5.32 Å². The van der Waals surface area contributed by atoms with Crippen LogP contribution >= 0.6 is 27.7 Å². The van der Waals surface area contributed by atoms with Crippen molar-refractivity contribution in [1.29, 1.82) is 0 Å². The summed E-state index contributed by atoms with van der Waals surface area (Å²) in [5.74, 6) is 1.93. The molecule has 0 saturated carbocycles. The molecule has 1 N–H and O–H groups in total. The Balaban J connectivity index is 1.98. The molecular formula is C16H25BrN2S. The van der Waals surface area contributed by atoms with Crippen LogP contribution in [0.2, 0.25) is 0 Å². The highest BCUT2D eigenvalue weighted by molar-refractivity contribution is 9.10. The van der Waals surface area contributed by atoms with Crippen LogP contribution in [0, 0.1) is 5.92 Å². The SMILES string of the molecule is CC(C)CNCc1ccc(N2CCSC(C)C2)c(Br)c1. The van der Waals surface area contributed by atoms with Gasteiger partial charge in [0.05, 0.1) is 5.69 Å². The van der Waals surface area contributed by atoms with E-state index in [0.717, 1.165) is 31.4 Å². The van der Waals surface area contributed by atoms with Gasteiger partial charge in [0.15, 0.2) is 0 Å². The molecule has 0 spiro atoms. The van der Waals surface area contributed by atoms with Crippen LogP contribution in [0.3, 0.4) is 0 Å². The van der Waals surface area contributed by atoms with Crippen LogP contribution in [0.1, 0.15) is 26.3 Å². The summed E-state index contributed by atoms with van der Waals surface area (Å²) in [6.07, 6.45) is 0. The fourth-order valence-electron chi connectivity index (χ4n) is 2.46. The van der Waals surface area contributed by atoms with Gasteiger partial charge >= 0.3 is 0 Å². The Kier molecular flexibility index (Phi) is 6.24. The third-order valence-electron chi connectivity index (χ3n) is 3.48. The number of nitrogens with zero attached hydrogens (tertiary/aromatic N) is 1. The molecule has 1 aromatic carbocycles. The summed E-state index contributed by atoms with van der Waals surface area (Å²) in [4.78, 5) is 2.50. The second kappa shape index (κ2) is 7.71. The lowest BCUT2D eigenvalue weighted by Crippen LogP contribution is -2.36. The van der Waals surface area contributed by atoms with Crippen LogP contribution in [0.15, 0.2) is 22.7 Å². The summed E-state index contributed by atoms with van der Waals surface area (Å²) in [5.41, 5.74) is 2.69. The average molecular weight is 357 g/mol. The predicted molar refractivity (Wildman–Crippen MR) is 94.8 cm³/mol. The summed E-state index contributed by atoms with van der Waals surface area (Å²) in [6, 6.07) is 6.77. The lowest BCUT2D eigenvalue weighted by atomic mass is 10.1. The number of anilines is 1. The number of thioether (sulfide) groups is 1. The molecule has 1 aliphatic heterocycles. The third kappa shape index (κ3) is 4.68. The van der Waals surface area contributed by atoms with Gasteiger partial charge in [0, 0.05) is 35.1 Å². The first-order valence-corrected chi connectivity index (χ1v) is 9.26. The zero-order valence-corrected chi connectivity index (χ0v) is 15.1. The molecule has 0 aliphatic carbocycles. The van der Waals surface area contributed by atoms with Crippen molar-refractivity contribution in [3.8, 4) is 0 Å². The van der Waals surface area contributed by atoms with E-state index in [2.05, 4.69) is 76.9 Å². The maximum Gasteiger partial charge on any atom is 0.0511 e. The molecule has 1 heterocycles. The van der Waals surface area contributed by atoms with Crippen molar-refractivity contribution in [2.24, 2.45) is 5.92 Å². The molecule has 2 nitrogen and oxygen atoms in total. The van der Waals surface area contributed by atoms with E-state index in [4.69, 9.17) is 0 Å².